The second-order valence-electron chi connectivity index (χ2n) is 4.30. The molecular weight excluding hydrogens is 276 g/mol. The molecule has 2 aromatic rings. The van der Waals surface area contributed by atoms with E-state index in [0.717, 1.165) is 5.56 Å². The molecule has 2 heterocycles. The number of aromatic carboxylic acids is 1. The van der Waals surface area contributed by atoms with Crippen molar-refractivity contribution in [2.45, 2.75) is 13.5 Å². The fraction of sp³-hybridized carbons (Fsp3) is 0.250. The Labute approximate surface area is 120 Å². The van der Waals surface area contributed by atoms with E-state index in [9.17, 15) is 9.59 Å². The zero-order chi connectivity index (χ0) is 15.2. The number of nitrogens with one attached hydrogen (secondary N) is 2. The molecule has 0 aliphatic heterocycles. The summed E-state index contributed by atoms with van der Waals surface area (Å²) in [5.41, 5.74) is 1.41. The first kappa shape index (κ1) is 14.4. The Kier molecular flexibility index (Phi) is 4.44. The van der Waals surface area contributed by atoms with Crippen molar-refractivity contribution in [2.24, 2.45) is 0 Å². The molecule has 21 heavy (non-hydrogen) atoms. The van der Waals surface area contributed by atoms with Crippen LogP contribution in [0.4, 0.5) is 10.5 Å². The number of urea groups is 1. The van der Waals surface area contributed by atoms with Gasteiger partial charge in [-0.05, 0) is 18.6 Å². The maximum absolute atomic E-state index is 11.6. The SMILES string of the molecule is Cc1cncc(NC(=O)NCCn2cc(C(=O)O)nn2)c1. The molecule has 0 fully saturated rings. The number of pyridine rings is 1. The fourth-order valence-electron chi connectivity index (χ4n) is 1.59. The minimum absolute atomic E-state index is 0.134. The van der Waals surface area contributed by atoms with E-state index in [-0.39, 0.29) is 18.3 Å². The van der Waals surface area contributed by atoms with Crippen LogP contribution in [-0.2, 0) is 6.54 Å². The molecule has 0 radical (unpaired) electrons. The molecule has 0 spiro atoms. The molecule has 0 bridgehead atoms. The molecule has 0 atom stereocenters. The lowest BCUT2D eigenvalue weighted by atomic mass is 10.3. The minimum atomic E-state index is -1.14. The Hall–Kier alpha value is -2.97. The normalized spacial score (nSPS) is 10.1. The van der Waals surface area contributed by atoms with E-state index in [0.29, 0.717) is 12.2 Å². The topological polar surface area (TPSA) is 122 Å². The third kappa shape index (κ3) is 4.27. The van der Waals surface area contributed by atoms with Gasteiger partial charge < -0.3 is 15.7 Å². The Bertz CT molecular complexity index is 654. The zero-order valence-electron chi connectivity index (χ0n) is 11.3. The van der Waals surface area contributed by atoms with Crippen LogP contribution in [0.25, 0.3) is 0 Å². The van der Waals surface area contributed by atoms with Crippen molar-refractivity contribution >= 4 is 17.7 Å². The molecule has 0 aromatic carbocycles. The standard InChI is InChI=1S/C12H14N6O3/c1-8-4-9(6-13-5-8)15-12(21)14-2-3-18-7-10(11(19)20)16-17-18/h4-7H,2-3H2,1H3,(H,19,20)(H2,14,15,21). The maximum Gasteiger partial charge on any atom is 0.358 e. The van der Waals surface area contributed by atoms with Gasteiger partial charge in [0.15, 0.2) is 5.69 Å². The first-order chi connectivity index (χ1) is 10.0. The first-order valence-corrected chi connectivity index (χ1v) is 6.14. The summed E-state index contributed by atoms with van der Waals surface area (Å²) in [6, 6.07) is 1.42. The van der Waals surface area contributed by atoms with Gasteiger partial charge in [0.25, 0.3) is 0 Å². The van der Waals surface area contributed by atoms with E-state index in [1.807, 2.05) is 6.92 Å². The van der Waals surface area contributed by atoms with Gasteiger partial charge in [-0.2, -0.15) is 0 Å². The molecule has 2 amide bonds. The molecule has 2 rings (SSSR count). The highest BCUT2D eigenvalue weighted by Gasteiger charge is 2.08. The van der Waals surface area contributed by atoms with Gasteiger partial charge in [0, 0.05) is 12.7 Å². The third-order valence-electron chi connectivity index (χ3n) is 2.52. The smallest absolute Gasteiger partial charge is 0.358 e. The van der Waals surface area contributed by atoms with Crippen LogP contribution in [0.15, 0.2) is 24.7 Å². The van der Waals surface area contributed by atoms with E-state index in [1.54, 1.807) is 18.5 Å². The summed E-state index contributed by atoms with van der Waals surface area (Å²) in [4.78, 5) is 26.2. The Balaban J connectivity index is 1.77. The van der Waals surface area contributed by atoms with E-state index in [1.165, 1.54) is 10.9 Å². The van der Waals surface area contributed by atoms with Gasteiger partial charge in [-0.3, -0.25) is 4.98 Å². The molecular formula is C12H14N6O3. The molecule has 0 unspecified atom stereocenters. The van der Waals surface area contributed by atoms with Crippen LogP contribution in [0.3, 0.4) is 0 Å². The van der Waals surface area contributed by atoms with Gasteiger partial charge in [0.05, 0.1) is 24.6 Å². The second-order valence-corrected chi connectivity index (χ2v) is 4.30. The number of carboxylic acid groups (broad SMARTS) is 1. The maximum atomic E-state index is 11.6. The number of hydrogen-bond donors (Lipinski definition) is 3. The first-order valence-electron chi connectivity index (χ1n) is 6.14. The highest BCUT2D eigenvalue weighted by atomic mass is 16.4. The molecule has 9 heteroatoms. The highest BCUT2D eigenvalue weighted by Crippen LogP contribution is 2.06. The summed E-state index contributed by atoms with van der Waals surface area (Å²) in [6.07, 6.45) is 4.53. The van der Waals surface area contributed by atoms with Gasteiger partial charge in [-0.1, -0.05) is 5.21 Å². The van der Waals surface area contributed by atoms with Gasteiger partial charge >= 0.3 is 12.0 Å². The van der Waals surface area contributed by atoms with Crippen LogP contribution in [0.5, 0.6) is 0 Å². The van der Waals surface area contributed by atoms with Gasteiger partial charge in [-0.25, -0.2) is 14.3 Å². The lowest BCUT2D eigenvalue weighted by Gasteiger charge is -2.07. The van der Waals surface area contributed by atoms with Crippen molar-refractivity contribution < 1.29 is 14.7 Å². The number of amides is 2. The van der Waals surface area contributed by atoms with Gasteiger partial charge in [-0.15, -0.1) is 5.10 Å². The van der Waals surface area contributed by atoms with E-state index >= 15 is 0 Å². The van der Waals surface area contributed by atoms with Gasteiger partial charge in [0.2, 0.25) is 0 Å². The highest BCUT2D eigenvalue weighted by molar-refractivity contribution is 5.89. The molecule has 0 aliphatic rings. The monoisotopic (exact) mass is 290 g/mol. The quantitative estimate of drug-likeness (QED) is 0.737. The predicted octanol–water partition coefficient (Wildman–Crippen LogP) is 0.501. The average Bonchev–Trinajstić information content (AvgIpc) is 2.87. The van der Waals surface area contributed by atoms with E-state index in [4.69, 9.17) is 5.11 Å². The fourth-order valence-corrected chi connectivity index (χ4v) is 1.59. The third-order valence-corrected chi connectivity index (χ3v) is 2.52. The van der Waals surface area contributed by atoms with Crippen LogP contribution in [-0.4, -0.2) is 43.6 Å². The second kappa shape index (κ2) is 6.46. The summed E-state index contributed by atoms with van der Waals surface area (Å²) in [5, 5.41) is 21.1. The van der Waals surface area contributed by atoms with Crippen molar-refractivity contribution in [2.75, 3.05) is 11.9 Å². The lowest BCUT2D eigenvalue weighted by molar-refractivity contribution is 0.0690. The van der Waals surface area contributed by atoms with Crippen LogP contribution in [0.2, 0.25) is 0 Å². The zero-order valence-corrected chi connectivity index (χ0v) is 11.3. The number of anilines is 1. The molecule has 110 valence electrons. The number of carbonyl (C=O) groups is 2. The number of nitrogens with zero attached hydrogens (tertiary/aromatic N) is 4. The summed E-state index contributed by atoms with van der Waals surface area (Å²) in [6.45, 7) is 2.48. The van der Waals surface area contributed by atoms with Crippen LogP contribution >= 0.6 is 0 Å². The molecule has 0 saturated carbocycles. The largest absolute Gasteiger partial charge is 0.476 e. The molecule has 2 aromatic heterocycles. The van der Waals surface area contributed by atoms with Crippen molar-refractivity contribution in [3.8, 4) is 0 Å². The number of rotatable bonds is 5. The van der Waals surface area contributed by atoms with E-state index in [2.05, 4.69) is 25.9 Å². The Morgan fingerprint density at radius 2 is 2.19 bits per heavy atom. The summed E-state index contributed by atoms with van der Waals surface area (Å²) < 4.78 is 1.35. The summed E-state index contributed by atoms with van der Waals surface area (Å²) in [7, 11) is 0. The Morgan fingerprint density at radius 3 is 2.86 bits per heavy atom. The van der Waals surface area contributed by atoms with Crippen LogP contribution in [0.1, 0.15) is 16.1 Å². The van der Waals surface area contributed by atoms with Crippen LogP contribution < -0.4 is 10.6 Å². The number of hydrogen-bond acceptors (Lipinski definition) is 5. The number of aromatic nitrogens is 4. The van der Waals surface area contributed by atoms with Crippen LogP contribution in [0, 0.1) is 6.92 Å². The van der Waals surface area contributed by atoms with E-state index < -0.39 is 5.97 Å². The molecule has 0 saturated heterocycles. The number of aryl methyl sites for hydroxylation is 1. The molecule has 0 aliphatic carbocycles. The molecule has 9 nitrogen and oxygen atoms in total. The summed E-state index contributed by atoms with van der Waals surface area (Å²) in [5.74, 6) is -1.14. The van der Waals surface area contributed by atoms with Crippen molar-refractivity contribution in [3.63, 3.8) is 0 Å². The van der Waals surface area contributed by atoms with Crippen molar-refractivity contribution in [3.05, 3.63) is 35.9 Å². The predicted molar refractivity (Wildman–Crippen MR) is 73.0 cm³/mol. The average molecular weight is 290 g/mol. The Morgan fingerprint density at radius 1 is 1.38 bits per heavy atom. The van der Waals surface area contributed by atoms with Crippen molar-refractivity contribution in [1.82, 2.24) is 25.3 Å². The summed E-state index contributed by atoms with van der Waals surface area (Å²) >= 11 is 0. The number of carboxylic acids is 1. The number of carbonyl (C=O) groups excluding carboxylic acids is 1. The minimum Gasteiger partial charge on any atom is -0.476 e. The van der Waals surface area contributed by atoms with Crippen molar-refractivity contribution in [1.29, 1.82) is 0 Å². The van der Waals surface area contributed by atoms with Gasteiger partial charge in [0.1, 0.15) is 0 Å². The molecule has 3 N–H and O–H groups in total. The lowest BCUT2D eigenvalue weighted by Crippen LogP contribution is -2.31.